The lowest BCUT2D eigenvalue weighted by atomic mass is 9.88. The average Bonchev–Trinajstić information content (AvgIpc) is 3.40. The van der Waals surface area contributed by atoms with Gasteiger partial charge in [-0.05, 0) is 36.2 Å². The summed E-state index contributed by atoms with van der Waals surface area (Å²) in [5, 5.41) is 0. The number of furan rings is 1. The van der Waals surface area contributed by atoms with Crippen LogP contribution in [0.1, 0.15) is 28.6 Å². The number of carbonyl (C=O) groups is 3. The predicted octanol–water partition coefficient (Wildman–Crippen LogP) is 2.84. The van der Waals surface area contributed by atoms with E-state index in [1.165, 1.54) is 24.3 Å². The maximum Gasteiger partial charge on any atom is 0.291 e. The van der Waals surface area contributed by atoms with Crippen LogP contribution in [-0.2, 0) is 14.3 Å². The van der Waals surface area contributed by atoms with Crippen LogP contribution in [0.2, 0.25) is 0 Å². The predicted molar refractivity (Wildman–Crippen MR) is 111 cm³/mol. The van der Waals surface area contributed by atoms with E-state index >= 15 is 0 Å². The maximum atomic E-state index is 13.1. The summed E-state index contributed by atoms with van der Waals surface area (Å²) in [4.78, 5) is 40.2. The van der Waals surface area contributed by atoms with Crippen molar-refractivity contribution < 1.29 is 33.0 Å². The van der Waals surface area contributed by atoms with Crippen LogP contribution in [0.3, 0.4) is 0 Å². The lowest BCUT2D eigenvalue weighted by Crippen LogP contribution is -2.32. The second-order valence-corrected chi connectivity index (χ2v) is 6.98. The van der Waals surface area contributed by atoms with Crippen LogP contribution in [0.4, 0.5) is 0 Å². The van der Waals surface area contributed by atoms with Crippen LogP contribution < -0.4 is 9.47 Å². The van der Waals surface area contributed by atoms with Gasteiger partial charge in [-0.3, -0.25) is 14.4 Å². The number of likely N-dealkylation sites (tertiary alicyclic amines) is 1. The van der Waals surface area contributed by atoms with E-state index in [1.54, 1.807) is 37.5 Å². The molecule has 2 heterocycles. The van der Waals surface area contributed by atoms with Crippen LogP contribution in [0, 0.1) is 5.92 Å². The molecule has 1 aliphatic heterocycles. The van der Waals surface area contributed by atoms with Gasteiger partial charge < -0.3 is 23.5 Å². The quantitative estimate of drug-likeness (QED) is 0.179. The van der Waals surface area contributed by atoms with Gasteiger partial charge in [0.15, 0.2) is 17.3 Å². The van der Waals surface area contributed by atoms with E-state index in [9.17, 15) is 14.4 Å². The fourth-order valence-electron chi connectivity index (χ4n) is 3.69. The van der Waals surface area contributed by atoms with Crippen molar-refractivity contribution in [1.29, 1.82) is 0 Å². The number of benzene rings is 1. The molecular formula is C23H25NO7. The Balaban J connectivity index is 2.03. The first-order chi connectivity index (χ1) is 15.0. The van der Waals surface area contributed by atoms with Crippen molar-refractivity contribution in [3.8, 4) is 11.5 Å². The van der Waals surface area contributed by atoms with Crippen molar-refractivity contribution >= 4 is 17.5 Å². The highest BCUT2D eigenvalue weighted by Crippen LogP contribution is 2.41. The molecule has 2 atom stereocenters. The molecule has 0 radical (unpaired) electrons. The minimum Gasteiger partial charge on any atom is -0.493 e. The minimum atomic E-state index is -1.22. The zero-order chi connectivity index (χ0) is 22.4. The van der Waals surface area contributed by atoms with Gasteiger partial charge in [0.1, 0.15) is 12.5 Å². The van der Waals surface area contributed by atoms with Crippen molar-refractivity contribution in [2.75, 3.05) is 34.0 Å². The Labute approximate surface area is 180 Å². The molecule has 1 aromatic carbocycles. The van der Waals surface area contributed by atoms with Gasteiger partial charge in [-0.2, -0.15) is 0 Å². The average molecular weight is 427 g/mol. The molecule has 3 rings (SSSR count). The summed E-state index contributed by atoms with van der Waals surface area (Å²) < 4.78 is 21.3. The van der Waals surface area contributed by atoms with Gasteiger partial charge in [-0.15, -0.1) is 0 Å². The molecule has 8 heteroatoms. The molecule has 1 amide bonds. The number of hydrogen-bond donors (Lipinski definition) is 0. The molecule has 1 saturated heterocycles. The highest BCUT2D eigenvalue weighted by molar-refractivity contribution is 6.43. The summed E-state index contributed by atoms with van der Waals surface area (Å²) in [7, 11) is 3.05. The van der Waals surface area contributed by atoms with Gasteiger partial charge in [0.05, 0.1) is 19.4 Å². The number of methoxy groups -OCH3 is 2. The number of nitrogens with zero attached hydrogens (tertiary/aromatic N) is 1. The molecule has 1 fully saturated rings. The van der Waals surface area contributed by atoms with Crippen LogP contribution in [0.5, 0.6) is 11.5 Å². The fraction of sp³-hybridized carbons (Fsp3) is 0.348. The number of rotatable bonds is 11. The normalized spacial score (nSPS) is 18.3. The number of Topliss-reactive ketones (excluding diaryl/α,β-unsaturated/α-hetero) is 2. The van der Waals surface area contributed by atoms with Crippen molar-refractivity contribution in [3.63, 3.8) is 0 Å². The molecule has 1 aliphatic rings. The zero-order valence-corrected chi connectivity index (χ0v) is 17.5. The lowest BCUT2D eigenvalue weighted by Gasteiger charge is -2.27. The second kappa shape index (κ2) is 10.1. The van der Waals surface area contributed by atoms with Crippen LogP contribution in [-0.4, -0.2) is 56.4 Å². The number of amides is 1. The lowest BCUT2D eigenvalue weighted by molar-refractivity contribution is -0.140. The Morgan fingerprint density at radius 2 is 2.03 bits per heavy atom. The molecule has 164 valence electrons. The molecule has 8 nitrogen and oxygen atoms in total. The molecule has 2 aromatic rings. The monoisotopic (exact) mass is 427 g/mol. The highest BCUT2D eigenvalue weighted by atomic mass is 16.5. The first-order valence-electron chi connectivity index (χ1n) is 9.86. The fourth-order valence-corrected chi connectivity index (χ4v) is 3.69. The SMILES string of the molecule is C=CCOc1ccc(C2C(C(=O)c3ccco3)C(=O)C(=O)N2CCCOC)cc1OC. The number of ketones is 2. The number of hydrogen-bond acceptors (Lipinski definition) is 7. The summed E-state index contributed by atoms with van der Waals surface area (Å²) in [6.07, 6.45) is 3.48. The van der Waals surface area contributed by atoms with Crippen LogP contribution in [0.15, 0.2) is 53.7 Å². The Morgan fingerprint density at radius 3 is 2.68 bits per heavy atom. The topological polar surface area (TPSA) is 95.3 Å². The summed E-state index contributed by atoms with van der Waals surface area (Å²) in [6, 6.07) is 7.35. The minimum absolute atomic E-state index is 0.0350. The molecule has 0 saturated carbocycles. The zero-order valence-electron chi connectivity index (χ0n) is 17.5. The largest absolute Gasteiger partial charge is 0.493 e. The summed E-state index contributed by atoms with van der Waals surface area (Å²) >= 11 is 0. The summed E-state index contributed by atoms with van der Waals surface area (Å²) in [5.74, 6) is -2.26. The van der Waals surface area contributed by atoms with E-state index in [1.807, 2.05) is 0 Å². The van der Waals surface area contributed by atoms with Crippen molar-refractivity contribution in [1.82, 2.24) is 4.90 Å². The molecule has 0 N–H and O–H groups in total. The van der Waals surface area contributed by atoms with E-state index in [0.717, 1.165) is 0 Å². The summed E-state index contributed by atoms with van der Waals surface area (Å²) in [6.45, 7) is 4.60. The van der Waals surface area contributed by atoms with Crippen molar-refractivity contribution in [3.05, 3.63) is 60.6 Å². The molecule has 1 aromatic heterocycles. The Kier molecular flexibility index (Phi) is 7.25. The molecular weight excluding hydrogens is 402 g/mol. The van der Waals surface area contributed by atoms with E-state index in [4.69, 9.17) is 18.6 Å². The Morgan fingerprint density at radius 1 is 1.23 bits per heavy atom. The van der Waals surface area contributed by atoms with Crippen molar-refractivity contribution in [2.45, 2.75) is 12.5 Å². The van der Waals surface area contributed by atoms with Gasteiger partial charge in [0, 0.05) is 20.3 Å². The third kappa shape index (κ3) is 4.54. The van der Waals surface area contributed by atoms with Crippen molar-refractivity contribution in [2.24, 2.45) is 5.92 Å². The Bertz CT molecular complexity index is 951. The molecule has 2 unspecified atom stereocenters. The highest BCUT2D eigenvalue weighted by Gasteiger charge is 2.52. The standard InChI is InChI=1S/C23H25NO7/c1-4-11-30-16-9-8-15(14-18(16)29-3)20-19(21(25)17-7-5-13-31-17)22(26)23(27)24(20)10-6-12-28-2/h4-5,7-9,13-14,19-20H,1,6,10-12H2,2-3H3. The third-order valence-corrected chi connectivity index (χ3v) is 5.09. The Hall–Kier alpha value is -3.39. The van der Waals surface area contributed by atoms with E-state index in [-0.39, 0.29) is 12.3 Å². The van der Waals surface area contributed by atoms with Gasteiger partial charge in [-0.1, -0.05) is 18.7 Å². The first-order valence-corrected chi connectivity index (χ1v) is 9.86. The van der Waals surface area contributed by atoms with Gasteiger partial charge >= 0.3 is 0 Å². The second-order valence-electron chi connectivity index (χ2n) is 6.98. The van der Waals surface area contributed by atoms with Gasteiger partial charge in [-0.25, -0.2) is 0 Å². The number of ether oxygens (including phenoxy) is 3. The van der Waals surface area contributed by atoms with E-state index in [2.05, 4.69) is 6.58 Å². The van der Waals surface area contributed by atoms with Crippen LogP contribution in [0.25, 0.3) is 0 Å². The van der Waals surface area contributed by atoms with Gasteiger partial charge in [0.2, 0.25) is 11.6 Å². The van der Waals surface area contributed by atoms with E-state index in [0.29, 0.717) is 36.7 Å². The smallest absolute Gasteiger partial charge is 0.291 e. The van der Waals surface area contributed by atoms with E-state index < -0.39 is 29.4 Å². The molecule has 0 spiro atoms. The third-order valence-electron chi connectivity index (χ3n) is 5.09. The maximum absolute atomic E-state index is 13.1. The molecule has 0 aliphatic carbocycles. The molecule has 31 heavy (non-hydrogen) atoms. The van der Waals surface area contributed by atoms with Gasteiger partial charge in [0.25, 0.3) is 5.91 Å². The first kappa shape index (κ1) is 22.3. The van der Waals surface area contributed by atoms with Crippen LogP contribution >= 0.6 is 0 Å². The molecule has 0 bridgehead atoms. The summed E-state index contributed by atoms with van der Waals surface area (Å²) in [5.41, 5.74) is 0.587. The number of carbonyl (C=O) groups excluding carboxylic acids is 3.